The minimum Gasteiger partial charge on any atom is -0.454 e. The Labute approximate surface area is 154 Å². The quantitative estimate of drug-likeness (QED) is 0.431. The van der Waals surface area contributed by atoms with E-state index in [1.54, 1.807) is 19.1 Å². The van der Waals surface area contributed by atoms with E-state index in [2.05, 4.69) is 15.6 Å². The van der Waals surface area contributed by atoms with Crippen LogP contribution in [0.25, 0.3) is 0 Å². The normalized spacial score (nSPS) is 22.2. The maximum absolute atomic E-state index is 12.4. The fourth-order valence-corrected chi connectivity index (χ4v) is 2.95. The van der Waals surface area contributed by atoms with Crippen LogP contribution in [0.4, 0.5) is 10.5 Å². The van der Waals surface area contributed by atoms with Gasteiger partial charge in [-0.05, 0) is 37.8 Å². The lowest BCUT2D eigenvalue weighted by atomic mass is 9.96. The monoisotopic (exact) mass is 380 g/mol. The van der Waals surface area contributed by atoms with Gasteiger partial charge >= 0.3 is 12.0 Å². The standard InChI is InChI=1S/C16H17ClN4O5/c1-16(9-4-5-9)14(24)21(15(25)20-16)7-12(23)26-8-11(22)19-10-3-2-6-18-13(10)17/h2-3,6,9H,4-5,7-8H2,1H3,(H,19,22)(H,20,25)/t16-/m1/s1. The molecule has 2 aliphatic rings. The first-order chi connectivity index (χ1) is 12.3. The van der Waals surface area contributed by atoms with Gasteiger partial charge in [0.25, 0.3) is 11.8 Å². The van der Waals surface area contributed by atoms with Crippen molar-refractivity contribution < 1.29 is 23.9 Å². The van der Waals surface area contributed by atoms with Crippen LogP contribution in [0.1, 0.15) is 19.8 Å². The predicted octanol–water partition coefficient (Wildman–Crippen LogP) is 0.937. The number of halogens is 1. The maximum atomic E-state index is 12.4. The van der Waals surface area contributed by atoms with Crippen molar-refractivity contribution >= 4 is 41.1 Å². The van der Waals surface area contributed by atoms with Gasteiger partial charge in [0.2, 0.25) is 0 Å². The van der Waals surface area contributed by atoms with Crippen molar-refractivity contribution in [1.29, 1.82) is 0 Å². The van der Waals surface area contributed by atoms with Crippen molar-refractivity contribution in [2.24, 2.45) is 5.92 Å². The largest absolute Gasteiger partial charge is 0.454 e. The van der Waals surface area contributed by atoms with Crippen LogP contribution in [0.3, 0.4) is 0 Å². The van der Waals surface area contributed by atoms with Crippen molar-refractivity contribution in [1.82, 2.24) is 15.2 Å². The Morgan fingerprint density at radius 3 is 2.85 bits per heavy atom. The number of carbonyl (C=O) groups excluding carboxylic acids is 4. The van der Waals surface area contributed by atoms with Crippen molar-refractivity contribution in [3.63, 3.8) is 0 Å². The van der Waals surface area contributed by atoms with E-state index in [-0.39, 0.29) is 16.8 Å². The Kier molecular flexibility index (Phi) is 4.82. The van der Waals surface area contributed by atoms with Gasteiger partial charge in [-0.25, -0.2) is 9.78 Å². The summed E-state index contributed by atoms with van der Waals surface area (Å²) in [5, 5.41) is 5.18. The SMILES string of the molecule is C[C@]1(C2CC2)NC(=O)N(CC(=O)OCC(=O)Nc2cccnc2Cl)C1=O. The summed E-state index contributed by atoms with van der Waals surface area (Å²) in [6.45, 7) is 0.531. The van der Waals surface area contributed by atoms with Crippen molar-refractivity contribution in [3.8, 4) is 0 Å². The van der Waals surface area contributed by atoms with Crippen LogP contribution >= 0.6 is 11.6 Å². The lowest BCUT2D eigenvalue weighted by molar-refractivity contribution is -0.150. The summed E-state index contributed by atoms with van der Waals surface area (Å²) < 4.78 is 4.83. The Hall–Kier alpha value is -2.68. The van der Waals surface area contributed by atoms with E-state index < -0.39 is 42.5 Å². The molecule has 3 rings (SSSR count). The van der Waals surface area contributed by atoms with Crippen LogP contribution in [0, 0.1) is 5.92 Å². The first-order valence-corrected chi connectivity index (χ1v) is 8.39. The number of urea groups is 1. The number of rotatable bonds is 6. The average molecular weight is 381 g/mol. The molecular weight excluding hydrogens is 364 g/mol. The average Bonchev–Trinajstić information content (AvgIpc) is 3.41. The number of ether oxygens (including phenoxy) is 1. The molecule has 0 spiro atoms. The van der Waals surface area contributed by atoms with Gasteiger partial charge in [-0.3, -0.25) is 19.3 Å². The minimum atomic E-state index is -0.966. The third-order valence-corrected chi connectivity index (χ3v) is 4.68. The van der Waals surface area contributed by atoms with E-state index in [1.165, 1.54) is 6.20 Å². The molecule has 1 aliphatic carbocycles. The number of carbonyl (C=O) groups is 4. The Morgan fingerprint density at radius 1 is 1.46 bits per heavy atom. The number of amides is 4. The molecule has 0 aromatic carbocycles. The molecule has 138 valence electrons. The van der Waals surface area contributed by atoms with Crippen molar-refractivity contribution in [3.05, 3.63) is 23.5 Å². The summed E-state index contributed by atoms with van der Waals surface area (Å²) in [5.41, 5.74) is -0.685. The van der Waals surface area contributed by atoms with Crippen LogP contribution in [-0.4, -0.2) is 52.4 Å². The van der Waals surface area contributed by atoms with Gasteiger partial charge in [0.15, 0.2) is 11.8 Å². The number of nitrogens with zero attached hydrogens (tertiary/aromatic N) is 2. The molecule has 1 aromatic heterocycles. The number of pyridine rings is 1. The summed E-state index contributed by atoms with van der Waals surface area (Å²) >= 11 is 5.81. The first-order valence-electron chi connectivity index (χ1n) is 8.01. The number of esters is 1. The van der Waals surface area contributed by atoms with E-state index in [4.69, 9.17) is 16.3 Å². The van der Waals surface area contributed by atoms with Crippen LogP contribution in [0.15, 0.2) is 18.3 Å². The van der Waals surface area contributed by atoms with Gasteiger partial charge < -0.3 is 15.4 Å². The molecule has 4 amide bonds. The molecule has 0 unspecified atom stereocenters. The molecule has 2 N–H and O–H groups in total. The van der Waals surface area contributed by atoms with E-state index in [0.29, 0.717) is 0 Å². The van der Waals surface area contributed by atoms with E-state index in [0.717, 1.165) is 17.7 Å². The Bertz CT molecular complexity index is 782. The number of anilines is 1. The number of imide groups is 1. The summed E-state index contributed by atoms with van der Waals surface area (Å²) in [4.78, 5) is 52.7. The van der Waals surface area contributed by atoms with Crippen molar-refractivity contribution in [2.45, 2.75) is 25.3 Å². The lowest BCUT2D eigenvalue weighted by Crippen LogP contribution is -2.46. The zero-order chi connectivity index (χ0) is 18.9. The maximum Gasteiger partial charge on any atom is 0.326 e. The Balaban J connectivity index is 1.50. The van der Waals surface area contributed by atoms with Crippen LogP contribution in [0.2, 0.25) is 5.15 Å². The highest BCUT2D eigenvalue weighted by atomic mass is 35.5. The fraction of sp³-hybridized carbons (Fsp3) is 0.438. The van der Waals surface area contributed by atoms with Gasteiger partial charge in [-0.2, -0.15) is 0 Å². The summed E-state index contributed by atoms with van der Waals surface area (Å²) in [6, 6.07) is 2.50. The fourth-order valence-electron chi connectivity index (χ4n) is 2.78. The molecule has 10 heteroatoms. The van der Waals surface area contributed by atoms with E-state index >= 15 is 0 Å². The van der Waals surface area contributed by atoms with Gasteiger partial charge in [0, 0.05) is 6.20 Å². The van der Waals surface area contributed by atoms with Gasteiger partial charge in [-0.1, -0.05) is 11.6 Å². The molecule has 26 heavy (non-hydrogen) atoms. The van der Waals surface area contributed by atoms with Crippen LogP contribution in [-0.2, 0) is 19.1 Å². The second-order valence-corrected chi connectivity index (χ2v) is 6.71. The molecule has 1 aromatic rings. The minimum absolute atomic E-state index is 0.0926. The highest BCUT2D eigenvalue weighted by molar-refractivity contribution is 6.32. The zero-order valence-corrected chi connectivity index (χ0v) is 14.7. The molecule has 1 atom stereocenters. The van der Waals surface area contributed by atoms with Crippen LogP contribution < -0.4 is 10.6 Å². The second kappa shape index (κ2) is 6.91. The molecule has 2 heterocycles. The molecule has 1 saturated carbocycles. The lowest BCUT2D eigenvalue weighted by Gasteiger charge is -2.20. The number of aromatic nitrogens is 1. The van der Waals surface area contributed by atoms with Crippen molar-refractivity contribution in [2.75, 3.05) is 18.5 Å². The molecule has 0 radical (unpaired) electrons. The first kappa shape index (κ1) is 18.1. The zero-order valence-electron chi connectivity index (χ0n) is 14.0. The summed E-state index contributed by atoms with van der Waals surface area (Å²) in [5.74, 6) is -1.84. The number of hydrogen-bond acceptors (Lipinski definition) is 6. The van der Waals surface area contributed by atoms with Gasteiger partial charge in [-0.15, -0.1) is 0 Å². The molecule has 1 saturated heterocycles. The van der Waals surface area contributed by atoms with Gasteiger partial charge in [0.05, 0.1) is 5.69 Å². The molecule has 1 aliphatic heterocycles. The summed E-state index contributed by atoms with van der Waals surface area (Å²) in [7, 11) is 0. The van der Waals surface area contributed by atoms with Crippen LogP contribution in [0.5, 0.6) is 0 Å². The van der Waals surface area contributed by atoms with E-state index in [1.807, 2.05) is 0 Å². The number of nitrogens with one attached hydrogen (secondary N) is 2. The predicted molar refractivity (Wildman–Crippen MR) is 90.2 cm³/mol. The third-order valence-electron chi connectivity index (χ3n) is 4.38. The highest BCUT2D eigenvalue weighted by Gasteiger charge is 2.56. The smallest absolute Gasteiger partial charge is 0.326 e. The molecule has 0 bridgehead atoms. The highest BCUT2D eigenvalue weighted by Crippen LogP contribution is 2.42. The third kappa shape index (κ3) is 3.62. The summed E-state index contributed by atoms with van der Waals surface area (Å²) in [6.07, 6.45) is 3.18. The van der Waals surface area contributed by atoms with Gasteiger partial charge in [0.1, 0.15) is 12.1 Å². The molecule has 2 fully saturated rings. The Morgan fingerprint density at radius 2 is 2.19 bits per heavy atom. The molecule has 9 nitrogen and oxygen atoms in total. The molecular formula is C16H17ClN4O5. The van der Waals surface area contributed by atoms with E-state index in [9.17, 15) is 19.2 Å². The second-order valence-electron chi connectivity index (χ2n) is 6.35. The number of hydrogen-bond donors (Lipinski definition) is 2. The topological polar surface area (TPSA) is 118 Å².